The van der Waals surface area contributed by atoms with E-state index in [0.717, 1.165) is 17.0 Å². The Morgan fingerprint density at radius 3 is 2.52 bits per heavy atom. The first-order valence-corrected chi connectivity index (χ1v) is 9.13. The van der Waals surface area contributed by atoms with Crippen LogP contribution in [-0.4, -0.2) is 29.9 Å². The molecule has 1 aromatic carbocycles. The highest BCUT2D eigenvalue weighted by Gasteiger charge is 2.19. The number of benzene rings is 1. The molecule has 3 heterocycles. The van der Waals surface area contributed by atoms with Crippen LogP contribution in [0.4, 0.5) is 0 Å². The number of aromatic nitrogens is 6. The summed E-state index contributed by atoms with van der Waals surface area (Å²) in [5.41, 5.74) is 4.27. The van der Waals surface area contributed by atoms with Crippen molar-refractivity contribution in [1.82, 2.24) is 29.9 Å². The predicted octanol–water partition coefficient (Wildman–Crippen LogP) is 4.63. The van der Waals surface area contributed by atoms with E-state index in [1.54, 1.807) is 6.20 Å². The van der Waals surface area contributed by atoms with Crippen LogP contribution in [-0.2, 0) is 0 Å². The average Bonchev–Trinajstić information content (AvgIpc) is 3.32. The van der Waals surface area contributed by atoms with Gasteiger partial charge in [-0.25, -0.2) is 4.98 Å². The van der Waals surface area contributed by atoms with E-state index in [4.69, 9.17) is 11.6 Å². The zero-order valence-corrected chi connectivity index (χ0v) is 15.8. The van der Waals surface area contributed by atoms with E-state index in [0.29, 0.717) is 16.8 Å². The van der Waals surface area contributed by atoms with Gasteiger partial charge < -0.3 is 4.57 Å². The monoisotopic (exact) mass is 378 g/mol. The van der Waals surface area contributed by atoms with Crippen LogP contribution >= 0.6 is 11.6 Å². The molecule has 0 saturated carbocycles. The van der Waals surface area contributed by atoms with E-state index < -0.39 is 0 Å². The zero-order valence-electron chi connectivity index (χ0n) is 15.0. The Balaban J connectivity index is 1.69. The van der Waals surface area contributed by atoms with Gasteiger partial charge in [0, 0.05) is 18.0 Å². The zero-order chi connectivity index (χ0) is 18.8. The summed E-state index contributed by atoms with van der Waals surface area (Å²) < 4.78 is 2.15. The molecule has 1 N–H and O–H groups in total. The second-order valence-corrected chi connectivity index (χ2v) is 7.06. The number of rotatable bonds is 5. The summed E-state index contributed by atoms with van der Waals surface area (Å²) in [6.07, 6.45) is 5.63. The largest absolute Gasteiger partial charge is 0.329 e. The Kier molecular flexibility index (Phi) is 4.73. The number of hydrogen-bond acceptors (Lipinski definition) is 4. The molecule has 0 bridgehead atoms. The van der Waals surface area contributed by atoms with Crippen LogP contribution in [0.2, 0.25) is 5.15 Å². The second-order valence-electron chi connectivity index (χ2n) is 6.70. The van der Waals surface area contributed by atoms with Gasteiger partial charge >= 0.3 is 0 Å². The lowest BCUT2D eigenvalue weighted by Gasteiger charge is -2.22. The van der Waals surface area contributed by atoms with Gasteiger partial charge in [0.2, 0.25) is 0 Å². The van der Waals surface area contributed by atoms with Gasteiger partial charge in [-0.05, 0) is 23.6 Å². The molecular weight excluding hydrogens is 360 g/mol. The summed E-state index contributed by atoms with van der Waals surface area (Å²) in [6.45, 7) is 4.42. The standard InChI is InChI=1S/C20H19ClN6/c1-13(2)19(14-6-4-3-5-7-14)27-11-17(23-12-27)16-10-15(8-9-22-16)18-20(21)25-26-24-18/h3-13,19H,1-2H3,(H,24,25,26). The van der Waals surface area contributed by atoms with Gasteiger partial charge in [0.05, 0.1) is 18.1 Å². The fourth-order valence-electron chi connectivity index (χ4n) is 3.29. The van der Waals surface area contributed by atoms with Gasteiger partial charge in [0.15, 0.2) is 5.15 Å². The molecule has 7 heteroatoms. The molecule has 6 nitrogen and oxygen atoms in total. The fraction of sp³-hybridized carbons (Fsp3) is 0.200. The molecule has 3 aromatic heterocycles. The van der Waals surface area contributed by atoms with Crippen LogP contribution in [0.3, 0.4) is 0 Å². The fourth-order valence-corrected chi connectivity index (χ4v) is 3.48. The molecule has 0 spiro atoms. The molecule has 0 radical (unpaired) electrons. The predicted molar refractivity (Wildman–Crippen MR) is 105 cm³/mol. The van der Waals surface area contributed by atoms with Crippen molar-refractivity contribution in [2.45, 2.75) is 19.9 Å². The van der Waals surface area contributed by atoms with Crippen molar-refractivity contribution in [3.8, 4) is 22.6 Å². The number of nitrogens with one attached hydrogen (secondary N) is 1. The molecule has 4 rings (SSSR count). The molecule has 136 valence electrons. The Hall–Kier alpha value is -2.99. The molecule has 0 aliphatic heterocycles. The van der Waals surface area contributed by atoms with Crippen molar-refractivity contribution in [3.05, 3.63) is 71.9 Å². The van der Waals surface area contributed by atoms with Crippen LogP contribution in [0.1, 0.15) is 25.5 Å². The van der Waals surface area contributed by atoms with Crippen molar-refractivity contribution in [1.29, 1.82) is 0 Å². The van der Waals surface area contributed by atoms with Gasteiger partial charge in [-0.15, -0.1) is 5.10 Å². The summed E-state index contributed by atoms with van der Waals surface area (Å²) in [4.78, 5) is 9.05. The minimum absolute atomic E-state index is 0.209. The summed E-state index contributed by atoms with van der Waals surface area (Å²) in [7, 11) is 0. The Morgan fingerprint density at radius 1 is 1.00 bits per heavy atom. The number of H-pyrrole nitrogens is 1. The first kappa shape index (κ1) is 17.4. The maximum absolute atomic E-state index is 6.08. The summed E-state index contributed by atoms with van der Waals surface area (Å²) in [5, 5.41) is 10.8. The minimum atomic E-state index is 0.209. The Labute approximate surface area is 162 Å². The van der Waals surface area contributed by atoms with Gasteiger partial charge in [0.1, 0.15) is 11.4 Å². The number of imidazole rings is 1. The lowest BCUT2D eigenvalue weighted by molar-refractivity contribution is 0.436. The maximum atomic E-state index is 6.08. The topological polar surface area (TPSA) is 72.3 Å². The lowest BCUT2D eigenvalue weighted by Crippen LogP contribution is -2.15. The number of aromatic amines is 1. The summed E-state index contributed by atoms with van der Waals surface area (Å²) in [5.74, 6) is 0.419. The highest BCUT2D eigenvalue weighted by Crippen LogP contribution is 2.29. The molecule has 1 atom stereocenters. The van der Waals surface area contributed by atoms with Crippen molar-refractivity contribution < 1.29 is 0 Å². The molecule has 0 saturated heterocycles. The van der Waals surface area contributed by atoms with Crippen LogP contribution in [0.15, 0.2) is 61.2 Å². The summed E-state index contributed by atoms with van der Waals surface area (Å²) >= 11 is 6.08. The van der Waals surface area contributed by atoms with Crippen molar-refractivity contribution in [2.75, 3.05) is 0 Å². The first-order chi connectivity index (χ1) is 13.1. The maximum Gasteiger partial charge on any atom is 0.179 e. The van der Waals surface area contributed by atoms with Crippen LogP contribution in [0.25, 0.3) is 22.6 Å². The Bertz CT molecular complexity index is 1040. The molecular formula is C20H19ClN6. The number of pyridine rings is 1. The molecule has 27 heavy (non-hydrogen) atoms. The van der Waals surface area contributed by atoms with E-state index in [-0.39, 0.29) is 6.04 Å². The van der Waals surface area contributed by atoms with Crippen LogP contribution in [0.5, 0.6) is 0 Å². The minimum Gasteiger partial charge on any atom is -0.329 e. The molecule has 0 aliphatic rings. The number of hydrogen-bond donors (Lipinski definition) is 1. The normalized spacial score (nSPS) is 12.4. The molecule has 1 unspecified atom stereocenters. The summed E-state index contributed by atoms with van der Waals surface area (Å²) in [6, 6.07) is 14.4. The van der Waals surface area contributed by atoms with Crippen molar-refractivity contribution in [2.24, 2.45) is 5.92 Å². The van der Waals surface area contributed by atoms with E-state index in [1.165, 1.54) is 5.56 Å². The number of halogens is 1. The van der Waals surface area contributed by atoms with Crippen molar-refractivity contribution >= 4 is 11.6 Å². The van der Waals surface area contributed by atoms with Crippen molar-refractivity contribution in [3.63, 3.8) is 0 Å². The van der Waals surface area contributed by atoms with Gasteiger partial charge in [-0.1, -0.05) is 55.8 Å². The SMILES string of the molecule is CC(C)C(c1ccccc1)n1cnc(-c2cc(-c3n[nH]nc3Cl)ccn2)c1. The van der Waals surface area contributed by atoms with E-state index in [9.17, 15) is 0 Å². The number of nitrogens with zero attached hydrogens (tertiary/aromatic N) is 5. The van der Waals surface area contributed by atoms with E-state index in [2.05, 4.69) is 68.1 Å². The smallest absolute Gasteiger partial charge is 0.179 e. The quantitative estimate of drug-likeness (QED) is 0.549. The van der Waals surface area contributed by atoms with Gasteiger partial charge in [-0.3, -0.25) is 4.98 Å². The van der Waals surface area contributed by atoms with Gasteiger partial charge in [-0.2, -0.15) is 10.3 Å². The Morgan fingerprint density at radius 2 is 1.81 bits per heavy atom. The lowest BCUT2D eigenvalue weighted by atomic mass is 9.96. The average molecular weight is 379 g/mol. The highest BCUT2D eigenvalue weighted by molar-refractivity contribution is 6.31. The molecule has 0 aliphatic carbocycles. The van der Waals surface area contributed by atoms with Crippen LogP contribution in [0, 0.1) is 5.92 Å². The molecule has 0 amide bonds. The first-order valence-electron chi connectivity index (χ1n) is 8.75. The second kappa shape index (κ2) is 7.32. The third-order valence-corrected chi connectivity index (χ3v) is 4.76. The van der Waals surface area contributed by atoms with Gasteiger partial charge in [0.25, 0.3) is 0 Å². The highest BCUT2D eigenvalue weighted by atomic mass is 35.5. The van der Waals surface area contributed by atoms with Crippen LogP contribution < -0.4 is 0 Å². The van der Waals surface area contributed by atoms with E-state index in [1.807, 2.05) is 30.7 Å². The third-order valence-electron chi connectivity index (χ3n) is 4.50. The molecule has 0 fully saturated rings. The third kappa shape index (κ3) is 3.48. The van der Waals surface area contributed by atoms with E-state index >= 15 is 0 Å². The molecule has 4 aromatic rings.